The molecule has 0 spiro atoms. The number of aliphatic carboxylic acids is 1. The highest BCUT2D eigenvalue weighted by Gasteiger charge is 2.23. The van der Waals surface area contributed by atoms with E-state index in [0.29, 0.717) is 13.0 Å². The van der Waals surface area contributed by atoms with Crippen LogP contribution in [0.15, 0.2) is 18.2 Å². The van der Waals surface area contributed by atoms with Gasteiger partial charge in [0.15, 0.2) is 0 Å². The average Bonchev–Trinajstić information content (AvgIpc) is 2.16. The number of hydrogen-bond donors (Lipinski definition) is 2. The van der Waals surface area contributed by atoms with E-state index in [4.69, 9.17) is 5.11 Å². The molecule has 4 heteroatoms. The maximum Gasteiger partial charge on any atom is 0.321 e. The van der Waals surface area contributed by atoms with E-state index in [1.54, 1.807) is 0 Å². The second-order valence-corrected chi connectivity index (χ2v) is 4.63. The fraction of sp³-hybridized carbons (Fsp3) is 0.300. The second kappa shape index (κ2) is 3.86. The molecule has 0 saturated heterocycles. The van der Waals surface area contributed by atoms with Gasteiger partial charge in [-0.15, -0.1) is 0 Å². The molecule has 0 saturated carbocycles. The van der Waals surface area contributed by atoms with E-state index in [9.17, 15) is 4.79 Å². The Morgan fingerprint density at radius 3 is 3.00 bits per heavy atom. The van der Waals surface area contributed by atoms with Gasteiger partial charge in [0, 0.05) is 10.1 Å². The summed E-state index contributed by atoms with van der Waals surface area (Å²) >= 11 is 2.26. The molecule has 74 valence electrons. The topological polar surface area (TPSA) is 49.3 Å². The number of halogens is 1. The van der Waals surface area contributed by atoms with Gasteiger partial charge in [-0.05, 0) is 52.3 Å². The van der Waals surface area contributed by atoms with Crippen molar-refractivity contribution >= 4 is 28.6 Å². The van der Waals surface area contributed by atoms with Crippen molar-refractivity contribution in [3.8, 4) is 0 Å². The Kier molecular flexibility index (Phi) is 2.73. The van der Waals surface area contributed by atoms with Crippen LogP contribution in [0.5, 0.6) is 0 Å². The van der Waals surface area contributed by atoms with Crippen LogP contribution in [0, 0.1) is 3.57 Å². The Hall–Kier alpha value is -0.620. The number of benzene rings is 1. The fourth-order valence-corrected chi connectivity index (χ4v) is 2.21. The van der Waals surface area contributed by atoms with Crippen molar-refractivity contribution in [3.63, 3.8) is 0 Å². The van der Waals surface area contributed by atoms with E-state index in [1.807, 2.05) is 12.1 Å². The van der Waals surface area contributed by atoms with Crippen molar-refractivity contribution in [2.24, 2.45) is 0 Å². The number of rotatable bonds is 1. The summed E-state index contributed by atoms with van der Waals surface area (Å²) in [6.45, 7) is 0.656. The smallest absolute Gasteiger partial charge is 0.321 e. The predicted octanol–water partition coefficient (Wildman–Crippen LogP) is 1.39. The largest absolute Gasteiger partial charge is 0.480 e. The van der Waals surface area contributed by atoms with Crippen LogP contribution in [-0.2, 0) is 17.8 Å². The minimum absolute atomic E-state index is 0.428. The first-order valence-corrected chi connectivity index (χ1v) is 5.48. The predicted molar refractivity (Wildman–Crippen MR) is 61.1 cm³/mol. The van der Waals surface area contributed by atoms with Gasteiger partial charge in [0.25, 0.3) is 0 Å². The number of nitrogens with one attached hydrogen (secondary N) is 1. The molecule has 14 heavy (non-hydrogen) atoms. The lowest BCUT2D eigenvalue weighted by molar-refractivity contribution is -0.139. The molecule has 2 N–H and O–H groups in total. The first kappa shape index (κ1) is 9.92. The van der Waals surface area contributed by atoms with Gasteiger partial charge in [0.1, 0.15) is 6.04 Å². The number of carbonyl (C=O) groups is 1. The molecule has 1 aromatic carbocycles. The summed E-state index contributed by atoms with van der Waals surface area (Å²) in [6.07, 6.45) is 0.585. The molecule has 0 fully saturated rings. The molecule has 2 rings (SSSR count). The van der Waals surface area contributed by atoms with E-state index >= 15 is 0 Å². The third-order valence-corrected chi connectivity index (χ3v) is 3.10. The Morgan fingerprint density at radius 1 is 1.50 bits per heavy atom. The minimum atomic E-state index is -0.769. The number of carboxylic acid groups (broad SMARTS) is 1. The number of carboxylic acids is 1. The molecule has 3 nitrogen and oxygen atoms in total. The van der Waals surface area contributed by atoms with Gasteiger partial charge in [0.05, 0.1) is 0 Å². The van der Waals surface area contributed by atoms with Gasteiger partial charge in [-0.1, -0.05) is 6.07 Å². The molecule has 0 bridgehead atoms. The Morgan fingerprint density at radius 2 is 2.29 bits per heavy atom. The van der Waals surface area contributed by atoms with Crippen LogP contribution in [0.25, 0.3) is 0 Å². The molecule has 1 aliphatic heterocycles. The second-order valence-electron chi connectivity index (χ2n) is 3.39. The Labute approximate surface area is 95.7 Å². The van der Waals surface area contributed by atoms with Crippen molar-refractivity contribution in [1.29, 1.82) is 0 Å². The van der Waals surface area contributed by atoms with Crippen LogP contribution in [0.1, 0.15) is 11.1 Å². The zero-order valence-electron chi connectivity index (χ0n) is 7.46. The van der Waals surface area contributed by atoms with E-state index in [1.165, 1.54) is 9.13 Å². The van der Waals surface area contributed by atoms with Crippen LogP contribution in [-0.4, -0.2) is 17.1 Å². The van der Waals surface area contributed by atoms with Gasteiger partial charge in [-0.3, -0.25) is 4.79 Å². The van der Waals surface area contributed by atoms with Gasteiger partial charge in [0.2, 0.25) is 0 Å². The SMILES string of the molecule is O=C(O)C1Cc2ccc(I)cc2CN1. The Bertz CT molecular complexity index is 378. The summed E-state index contributed by atoms with van der Waals surface area (Å²) in [4.78, 5) is 10.8. The molecule has 1 aliphatic rings. The van der Waals surface area contributed by atoms with Crippen molar-refractivity contribution < 1.29 is 9.90 Å². The lowest BCUT2D eigenvalue weighted by atomic mass is 9.96. The molecule has 0 aromatic heterocycles. The van der Waals surface area contributed by atoms with Crippen LogP contribution >= 0.6 is 22.6 Å². The molecule has 0 aliphatic carbocycles. The Balaban J connectivity index is 2.27. The van der Waals surface area contributed by atoms with Crippen LogP contribution in [0.3, 0.4) is 0 Å². The highest BCUT2D eigenvalue weighted by Crippen LogP contribution is 2.19. The van der Waals surface area contributed by atoms with Crippen molar-refractivity contribution in [1.82, 2.24) is 5.32 Å². The average molecular weight is 303 g/mol. The number of hydrogen-bond acceptors (Lipinski definition) is 2. The summed E-state index contributed by atoms with van der Waals surface area (Å²) in [7, 11) is 0. The lowest BCUT2D eigenvalue weighted by Crippen LogP contribution is -2.41. The maximum absolute atomic E-state index is 10.8. The monoisotopic (exact) mass is 303 g/mol. The van der Waals surface area contributed by atoms with Crippen LogP contribution in [0.2, 0.25) is 0 Å². The first-order valence-electron chi connectivity index (χ1n) is 4.40. The summed E-state index contributed by atoms with van der Waals surface area (Å²) in [5.74, 6) is -0.769. The number of fused-ring (bicyclic) bond motifs is 1. The maximum atomic E-state index is 10.8. The summed E-state index contributed by atoms with van der Waals surface area (Å²) in [6, 6.07) is 5.71. The molecular weight excluding hydrogens is 293 g/mol. The fourth-order valence-electron chi connectivity index (χ4n) is 1.66. The van der Waals surface area contributed by atoms with E-state index in [2.05, 4.69) is 34.0 Å². The van der Waals surface area contributed by atoms with Crippen molar-refractivity contribution in [2.75, 3.05) is 0 Å². The zero-order valence-corrected chi connectivity index (χ0v) is 9.61. The van der Waals surface area contributed by atoms with Crippen molar-refractivity contribution in [2.45, 2.75) is 19.0 Å². The molecule has 0 radical (unpaired) electrons. The van der Waals surface area contributed by atoms with Gasteiger partial charge in [-0.2, -0.15) is 0 Å². The zero-order chi connectivity index (χ0) is 10.1. The molecule has 1 unspecified atom stereocenters. The molecule has 0 amide bonds. The lowest BCUT2D eigenvalue weighted by Gasteiger charge is -2.23. The third kappa shape index (κ3) is 1.90. The van der Waals surface area contributed by atoms with Gasteiger partial charge in [-0.25, -0.2) is 0 Å². The van der Waals surface area contributed by atoms with Gasteiger partial charge >= 0.3 is 5.97 Å². The van der Waals surface area contributed by atoms with Crippen LogP contribution in [0.4, 0.5) is 0 Å². The summed E-state index contributed by atoms with van der Waals surface area (Å²) in [5, 5.41) is 11.9. The van der Waals surface area contributed by atoms with E-state index < -0.39 is 12.0 Å². The standard InChI is InChI=1S/C10H10INO2/c11-8-2-1-6-4-9(10(13)14)12-5-7(6)3-8/h1-3,9,12H,4-5H2,(H,13,14). The quantitative estimate of drug-likeness (QED) is 0.771. The molecule has 1 aromatic rings. The molecular formula is C10H10INO2. The summed E-state index contributed by atoms with van der Waals surface area (Å²) < 4.78 is 1.19. The first-order chi connectivity index (χ1) is 6.66. The normalized spacial score (nSPS) is 20.2. The summed E-state index contributed by atoms with van der Waals surface area (Å²) in [5.41, 5.74) is 2.37. The highest BCUT2D eigenvalue weighted by molar-refractivity contribution is 14.1. The van der Waals surface area contributed by atoms with E-state index in [-0.39, 0.29) is 0 Å². The molecule has 1 heterocycles. The van der Waals surface area contributed by atoms with Gasteiger partial charge < -0.3 is 10.4 Å². The van der Waals surface area contributed by atoms with E-state index in [0.717, 1.165) is 5.56 Å². The molecule has 1 atom stereocenters. The third-order valence-electron chi connectivity index (χ3n) is 2.43. The minimum Gasteiger partial charge on any atom is -0.480 e. The van der Waals surface area contributed by atoms with Crippen molar-refractivity contribution in [3.05, 3.63) is 32.9 Å². The highest BCUT2D eigenvalue weighted by atomic mass is 127. The van der Waals surface area contributed by atoms with Crippen LogP contribution < -0.4 is 5.32 Å².